The molecule has 0 aromatic heterocycles. The van der Waals surface area contributed by atoms with E-state index in [1.54, 1.807) is 13.1 Å². The predicted octanol–water partition coefficient (Wildman–Crippen LogP) is 3.40. The summed E-state index contributed by atoms with van der Waals surface area (Å²) in [5, 5.41) is 6.33. The zero-order valence-electron chi connectivity index (χ0n) is 16.9. The molecule has 1 aliphatic heterocycles. The molecule has 9 heteroatoms. The van der Waals surface area contributed by atoms with Gasteiger partial charge in [-0.25, -0.2) is 0 Å². The highest BCUT2D eigenvalue weighted by atomic mass is 127. The number of halogens is 4. The van der Waals surface area contributed by atoms with E-state index in [1.165, 1.54) is 12.1 Å². The second kappa shape index (κ2) is 11.1. The van der Waals surface area contributed by atoms with Crippen molar-refractivity contribution in [1.29, 1.82) is 0 Å². The molecule has 0 spiro atoms. The molecular formula is C19H31F3IN5. The fourth-order valence-corrected chi connectivity index (χ4v) is 2.96. The molecule has 1 saturated heterocycles. The van der Waals surface area contributed by atoms with Gasteiger partial charge in [0, 0.05) is 52.0 Å². The Morgan fingerprint density at radius 2 is 1.79 bits per heavy atom. The Bertz CT molecular complexity index is 641. The molecule has 5 nitrogen and oxygen atoms in total. The Morgan fingerprint density at radius 3 is 2.32 bits per heavy atom. The van der Waals surface area contributed by atoms with Gasteiger partial charge in [0.25, 0.3) is 0 Å². The normalized spacial score (nSPS) is 16.1. The van der Waals surface area contributed by atoms with Crippen LogP contribution >= 0.6 is 24.0 Å². The fourth-order valence-electron chi connectivity index (χ4n) is 2.96. The molecular weight excluding hydrogens is 482 g/mol. The van der Waals surface area contributed by atoms with Crippen molar-refractivity contribution in [3.05, 3.63) is 29.3 Å². The maximum absolute atomic E-state index is 13.2. The van der Waals surface area contributed by atoms with Crippen LogP contribution in [0.4, 0.5) is 18.9 Å². The first-order chi connectivity index (χ1) is 12.7. The maximum Gasteiger partial charge on any atom is 0.416 e. The van der Waals surface area contributed by atoms with Crippen LogP contribution in [0.15, 0.2) is 23.2 Å². The maximum atomic E-state index is 13.2. The number of guanidine groups is 1. The molecule has 0 bridgehead atoms. The Hall–Kier alpha value is -1.23. The van der Waals surface area contributed by atoms with Gasteiger partial charge in [0.2, 0.25) is 0 Å². The first-order valence-electron chi connectivity index (χ1n) is 9.29. The molecule has 1 aliphatic rings. The zero-order valence-corrected chi connectivity index (χ0v) is 19.3. The molecule has 160 valence electrons. The lowest BCUT2D eigenvalue weighted by atomic mass is 10.1. The van der Waals surface area contributed by atoms with Crippen LogP contribution < -0.4 is 15.5 Å². The summed E-state index contributed by atoms with van der Waals surface area (Å²) in [5.74, 6) is 1.03. The summed E-state index contributed by atoms with van der Waals surface area (Å²) in [4.78, 5) is 8.52. The van der Waals surface area contributed by atoms with Crippen LogP contribution in [-0.4, -0.2) is 57.7 Å². The summed E-state index contributed by atoms with van der Waals surface area (Å²) >= 11 is 0. The topological polar surface area (TPSA) is 42.9 Å². The minimum absolute atomic E-state index is 0. The third-order valence-corrected chi connectivity index (χ3v) is 4.60. The lowest BCUT2D eigenvalue weighted by molar-refractivity contribution is -0.137. The molecule has 0 unspecified atom stereocenters. The van der Waals surface area contributed by atoms with Gasteiger partial charge in [-0.3, -0.25) is 4.99 Å². The van der Waals surface area contributed by atoms with E-state index in [-0.39, 0.29) is 30.5 Å². The SMILES string of the molecule is CN=C(NCc1cc(C(F)(F)F)ccc1N1CCN(C)CC1)NCC(C)C.I. The number of likely N-dealkylation sites (N-methyl/N-ethyl adjacent to an activating group) is 1. The predicted molar refractivity (Wildman–Crippen MR) is 120 cm³/mol. The van der Waals surface area contributed by atoms with Gasteiger partial charge < -0.3 is 20.4 Å². The Morgan fingerprint density at radius 1 is 1.14 bits per heavy atom. The number of benzene rings is 1. The molecule has 1 aromatic rings. The zero-order chi connectivity index (χ0) is 20.0. The molecule has 2 rings (SSSR count). The summed E-state index contributed by atoms with van der Waals surface area (Å²) in [5.41, 5.74) is 0.854. The third kappa shape index (κ3) is 7.31. The molecule has 0 radical (unpaired) electrons. The van der Waals surface area contributed by atoms with Crippen molar-refractivity contribution in [3.63, 3.8) is 0 Å². The number of hydrogen-bond acceptors (Lipinski definition) is 3. The molecule has 0 amide bonds. The van der Waals surface area contributed by atoms with Crippen molar-refractivity contribution in [2.75, 3.05) is 51.7 Å². The van der Waals surface area contributed by atoms with E-state index < -0.39 is 11.7 Å². The number of nitrogens with one attached hydrogen (secondary N) is 2. The summed E-state index contributed by atoms with van der Waals surface area (Å²) in [6, 6.07) is 4.01. The van der Waals surface area contributed by atoms with Gasteiger partial charge in [-0.05, 0) is 36.7 Å². The second-order valence-corrected chi connectivity index (χ2v) is 7.33. The molecule has 2 N–H and O–H groups in total. The first kappa shape index (κ1) is 24.8. The molecule has 0 aliphatic carbocycles. The summed E-state index contributed by atoms with van der Waals surface area (Å²) < 4.78 is 39.6. The minimum Gasteiger partial charge on any atom is -0.369 e. The van der Waals surface area contributed by atoms with Gasteiger partial charge in [0.05, 0.1) is 5.56 Å². The molecule has 0 saturated carbocycles. The lowest BCUT2D eigenvalue weighted by Gasteiger charge is -2.35. The number of alkyl halides is 3. The molecule has 1 aromatic carbocycles. The van der Waals surface area contributed by atoms with Crippen molar-refractivity contribution in [2.24, 2.45) is 10.9 Å². The number of anilines is 1. The van der Waals surface area contributed by atoms with Gasteiger partial charge in [0.1, 0.15) is 0 Å². The van der Waals surface area contributed by atoms with Gasteiger partial charge >= 0.3 is 6.18 Å². The second-order valence-electron chi connectivity index (χ2n) is 7.33. The van der Waals surface area contributed by atoms with Crippen LogP contribution in [0.5, 0.6) is 0 Å². The van der Waals surface area contributed by atoms with Crippen molar-refractivity contribution in [2.45, 2.75) is 26.6 Å². The standard InChI is InChI=1S/C19H30F3N5.HI/c1-14(2)12-24-18(23-3)25-13-15-11-16(19(20,21)22)5-6-17(15)27-9-7-26(4)8-10-27;/h5-6,11,14H,7-10,12-13H2,1-4H3,(H2,23,24,25);1H. The lowest BCUT2D eigenvalue weighted by Crippen LogP contribution is -2.45. The Balaban J connectivity index is 0.00000392. The van der Waals surface area contributed by atoms with E-state index in [0.29, 0.717) is 17.4 Å². The van der Waals surface area contributed by atoms with Crippen LogP contribution in [0, 0.1) is 5.92 Å². The highest BCUT2D eigenvalue weighted by Crippen LogP contribution is 2.33. The molecule has 0 atom stereocenters. The number of piperazine rings is 1. The third-order valence-electron chi connectivity index (χ3n) is 4.60. The average molecular weight is 513 g/mol. The van der Waals surface area contributed by atoms with Crippen LogP contribution in [0.3, 0.4) is 0 Å². The van der Waals surface area contributed by atoms with E-state index in [1.807, 2.05) is 0 Å². The summed E-state index contributed by atoms with van der Waals surface area (Å²) in [6.45, 7) is 8.58. The monoisotopic (exact) mass is 513 g/mol. The van der Waals surface area contributed by atoms with E-state index in [9.17, 15) is 13.2 Å². The molecule has 28 heavy (non-hydrogen) atoms. The van der Waals surface area contributed by atoms with Gasteiger partial charge in [-0.1, -0.05) is 13.8 Å². The number of hydrogen-bond donors (Lipinski definition) is 2. The minimum atomic E-state index is -4.35. The first-order valence-corrected chi connectivity index (χ1v) is 9.29. The van der Waals surface area contributed by atoms with Crippen LogP contribution in [0.25, 0.3) is 0 Å². The van der Waals surface area contributed by atoms with Crippen LogP contribution in [0.2, 0.25) is 0 Å². The van der Waals surface area contributed by atoms with Crippen molar-refractivity contribution >= 4 is 35.6 Å². The van der Waals surface area contributed by atoms with Crippen molar-refractivity contribution in [3.8, 4) is 0 Å². The highest BCUT2D eigenvalue weighted by molar-refractivity contribution is 14.0. The average Bonchev–Trinajstić information content (AvgIpc) is 2.61. The number of rotatable bonds is 5. The fraction of sp³-hybridized carbons (Fsp3) is 0.632. The summed E-state index contributed by atoms with van der Waals surface area (Å²) in [6.07, 6.45) is -4.35. The highest BCUT2D eigenvalue weighted by Gasteiger charge is 2.31. The Kier molecular flexibility index (Phi) is 9.82. The molecule has 1 fully saturated rings. The van der Waals surface area contributed by atoms with Crippen molar-refractivity contribution in [1.82, 2.24) is 15.5 Å². The number of aliphatic imine (C=N–C) groups is 1. The van der Waals surface area contributed by atoms with Gasteiger partial charge in [-0.2, -0.15) is 13.2 Å². The van der Waals surface area contributed by atoms with E-state index >= 15 is 0 Å². The van der Waals surface area contributed by atoms with E-state index in [2.05, 4.69) is 46.3 Å². The van der Waals surface area contributed by atoms with Crippen molar-refractivity contribution < 1.29 is 13.2 Å². The largest absolute Gasteiger partial charge is 0.416 e. The van der Waals surface area contributed by atoms with E-state index in [0.717, 1.165) is 38.4 Å². The Labute approximate surface area is 182 Å². The van der Waals surface area contributed by atoms with Gasteiger partial charge in [0.15, 0.2) is 5.96 Å². The molecule has 1 heterocycles. The summed E-state index contributed by atoms with van der Waals surface area (Å²) in [7, 11) is 3.71. The van der Waals surface area contributed by atoms with E-state index in [4.69, 9.17) is 0 Å². The van der Waals surface area contributed by atoms with Gasteiger partial charge in [-0.15, -0.1) is 24.0 Å². The van der Waals surface area contributed by atoms with Crippen LogP contribution in [-0.2, 0) is 12.7 Å². The van der Waals surface area contributed by atoms with Crippen LogP contribution in [0.1, 0.15) is 25.0 Å². The smallest absolute Gasteiger partial charge is 0.369 e. The number of nitrogens with zero attached hydrogens (tertiary/aromatic N) is 3. The quantitative estimate of drug-likeness (QED) is 0.360.